The lowest BCUT2D eigenvalue weighted by Gasteiger charge is -2.23. The van der Waals surface area contributed by atoms with Gasteiger partial charge in [-0.3, -0.25) is 9.59 Å². The number of amides is 1. The third-order valence-electron chi connectivity index (χ3n) is 4.45. The fourth-order valence-corrected chi connectivity index (χ4v) is 5.40. The van der Waals surface area contributed by atoms with Crippen molar-refractivity contribution in [1.82, 2.24) is 5.32 Å². The first-order valence-electron chi connectivity index (χ1n) is 7.32. The van der Waals surface area contributed by atoms with Crippen LogP contribution in [-0.2, 0) is 17.0 Å². The summed E-state index contributed by atoms with van der Waals surface area (Å²) in [4.78, 5) is 25.8. The molecule has 0 spiro atoms. The van der Waals surface area contributed by atoms with Crippen LogP contribution in [0, 0.1) is 5.41 Å². The molecule has 21 heavy (non-hydrogen) atoms. The molecule has 114 valence electrons. The van der Waals surface area contributed by atoms with Crippen molar-refractivity contribution in [3.63, 3.8) is 0 Å². The quantitative estimate of drug-likeness (QED) is 0.893. The maximum atomic E-state index is 12.3. The molecule has 1 aromatic heterocycles. The van der Waals surface area contributed by atoms with Crippen molar-refractivity contribution in [2.45, 2.75) is 37.9 Å². The van der Waals surface area contributed by atoms with Crippen molar-refractivity contribution in [2.75, 3.05) is 12.3 Å². The van der Waals surface area contributed by atoms with Crippen LogP contribution in [0.15, 0.2) is 6.07 Å². The summed E-state index contributed by atoms with van der Waals surface area (Å²) in [6, 6.07) is 1.98. The van der Waals surface area contributed by atoms with Gasteiger partial charge in [-0.05, 0) is 36.6 Å². The van der Waals surface area contributed by atoms with Gasteiger partial charge in [0.05, 0.1) is 10.3 Å². The Balaban J connectivity index is 1.66. The predicted octanol–water partition coefficient (Wildman–Crippen LogP) is 2.91. The molecule has 0 saturated heterocycles. The second-order valence-corrected chi connectivity index (χ2v) is 8.08. The van der Waals surface area contributed by atoms with E-state index in [4.69, 9.17) is 0 Å². The number of carbonyl (C=O) groups excluding carboxylic acids is 1. The lowest BCUT2D eigenvalue weighted by molar-refractivity contribution is -0.148. The van der Waals surface area contributed by atoms with E-state index in [-0.39, 0.29) is 12.5 Å². The molecule has 1 amide bonds. The average molecular weight is 325 g/mol. The molecule has 0 bridgehead atoms. The number of rotatable bonds is 4. The van der Waals surface area contributed by atoms with Crippen LogP contribution in [0.1, 0.15) is 45.8 Å². The van der Waals surface area contributed by atoms with Gasteiger partial charge >= 0.3 is 5.97 Å². The number of thiophene rings is 1. The number of nitrogens with one attached hydrogen (secondary N) is 1. The third kappa shape index (κ3) is 2.97. The predicted molar refractivity (Wildman–Crippen MR) is 85.1 cm³/mol. The van der Waals surface area contributed by atoms with E-state index in [1.54, 1.807) is 11.3 Å². The first-order chi connectivity index (χ1) is 10.1. The molecule has 0 unspecified atom stereocenters. The van der Waals surface area contributed by atoms with Gasteiger partial charge in [-0.15, -0.1) is 11.3 Å². The summed E-state index contributed by atoms with van der Waals surface area (Å²) in [6.07, 6.45) is 4.25. The molecule has 2 aliphatic rings. The minimum atomic E-state index is -0.776. The number of hydrogen-bond acceptors (Lipinski definition) is 4. The smallest absolute Gasteiger partial charge is 0.311 e. The first kappa shape index (κ1) is 14.9. The molecular formula is C15H19NO3S2. The lowest BCUT2D eigenvalue weighted by atomic mass is 9.86. The molecule has 1 aromatic rings. The summed E-state index contributed by atoms with van der Waals surface area (Å²) in [5.41, 5.74) is 0.526. The van der Waals surface area contributed by atoms with Crippen LogP contribution in [0.25, 0.3) is 0 Å². The Labute approximate surface area is 132 Å². The molecule has 2 heterocycles. The zero-order valence-electron chi connectivity index (χ0n) is 11.8. The molecule has 1 fully saturated rings. The Morgan fingerprint density at radius 3 is 2.76 bits per heavy atom. The zero-order chi connectivity index (χ0) is 14.9. The highest BCUT2D eigenvalue weighted by Gasteiger charge is 2.41. The van der Waals surface area contributed by atoms with E-state index < -0.39 is 11.4 Å². The van der Waals surface area contributed by atoms with E-state index in [1.807, 2.05) is 17.8 Å². The van der Waals surface area contributed by atoms with E-state index in [2.05, 4.69) is 5.32 Å². The van der Waals surface area contributed by atoms with Crippen LogP contribution in [0.5, 0.6) is 0 Å². The van der Waals surface area contributed by atoms with Crippen molar-refractivity contribution in [3.8, 4) is 0 Å². The first-order valence-corrected chi connectivity index (χ1v) is 9.29. The molecule has 0 aromatic carbocycles. The maximum Gasteiger partial charge on any atom is 0.311 e. The maximum absolute atomic E-state index is 12.3. The van der Waals surface area contributed by atoms with E-state index in [9.17, 15) is 14.7 Å². The summed E-state index contributed by atoms with van der Waals surface area (Å²) in [6.45, 7) is 0.248. The van der Waals surface area contributed by atoms with E-state index >= 15 is 0 Å². The highest BCUT2D eigenvalue weighted by molar-refractivity contribution is 7.98. The Morgan fingerprint density at radius 2 is 2.10 bits per heavy atom. The molecule has 3 rings (SSSR count). The highest BCUT2D eigenvalue weighted by Crippen LogP contribution is 2.38. The van der Waals surface area contributed by atoms with Crippen LogP contribution in [0.2, 0.25) is 0 Å². The molecule has 0 atom stereocenters. The van der Waals surface area contributed by atoms with Crippen LogP contribution >= 0.6 is 23.1 Å². The van der Waals surface area contributed by atoms with Gasteiger partial charge < -0.3 is 10.4 Å². The van der Waals surface area contributed by atoms with Crippen molar-refractivity contribution in [2.24, 2.45) is 5.41 Å². The van der Waals surface area contributed by atoms with Crippen LogP contribution in [0.3, 0.4) is 0 Å². The second kappa shape index (κ2) is 6.01. The molecule has 2 N–H and O–H groups in total. The van der Waals surface area contributed by atoms with Crippen LogP contribution in [0.4, 0.5) is 0 Å². The normalized spacial score (nSPS) is 20.0. The van der Waals surface area contributed by atoms with Gasteiger partial charge in [0.1, 0.15) is 0 Å². The SMILES string of the molecule is O=C(NCC1(C(=O)O)CCCC1)c1cc2c(s1)CCSC2. The fourth-order valence-electron chi connectivity index (χ4n) is 3.11. The molecule has 1 saturated carbocycles. The number of carbonyl (C=O) groups is 2. The Bertz CT molecular complexity index is 538. The van der Waals surface area contributed by atoms with Gasteiger partial charge in [0.15, 0.2) is 0 Å². The number of carboxylic acid groups (broad SMARTS) is 1. The monoisotopic (exact) mass is 325 g/mol. The number of aliphatic carboxylic acids is 1. The van der Waals surface area contributed by atoms with Gasteiger partial charge in [0.2, 0.25) is 0 Å². The summed E-state index contributed by atoms with van der Waals surface area (Å²) in [5, 5.41) is 12.3. The Hall–Kier alpha value is -1.01. The molecule has 0 radical (unpaired) electrons. The molecular weight excluding hydrogens is 306 g/mol. The fraction of sp³-hybridized carbons (Fsp3) is 0.600. The van der Waals surface area contributed by atoms with Crippen LogP contribution in [-0.4, -0.2) is 29.3 Å². The van der Waals surface area contributed by atoms with Crippen molar-refractivity contribution in [3.05, 3.63) is 21.4 Å². The van der Waals surface area contributed by atoms with Gasteiger partial charge in [-0.1, -0.05) is 12.8 Å². The van der Waals surface area contributed by atoms with Crippen molar-refractivity contribution in [1.29, 1.82) is 0 Å². The number of carboxylic acids is 1. The summed E-state index contributed by atoms with van der Waals surface area (Å²) < 4.78 is 0. The molecule has 1 aliphatic carbocycles. The van der Waals surface area contributed by atoms with Gasteiger partial charge in [-0.25, -0.2) is 0 Å². The second-order valence-electron chi connectivity index (χ2n) is 5.84. The zero-order valence-corrected chi connectivity index (χ0v) is 13.4. The molecule has 6 heteroatoms. The van der Waals surface area contributed by atoms with Gasteiger partial charge in [-0.2, -0.15) is 11.8 Å². The number of fused-ring (bicyclic) bond motifs is 1. The summed E-state index contributed by atoms with van der Waals surface area (Å²) in [7, 11) is 0. The lowest BCUT2D eigenvalue weighted by Crippen LogP contribution is -2.41. The number of hydrogen-bond donors (Lipinski definition) is 2. The average Bonchev–Trinajstić information content (AvgIpc) is 3.12. The minimum absolute atomic E-state index is 0.119. The number of thioether (sulfide) groups is 1. The van der Waals surface area contributed by atoms with Crippen LogP contribution < -0.4 is 5.32 Å². The largest absolute Gasteiger partial charge is 0.481 e. The van der Waals surface area contributed by atoms with Gasteiger partial charge in [0.25, 0.3) is 5.91 Å². The third-order valence-corrected chi connectivity index (χ3v) is 6.70. The Morgan fingerprint density at radius 1 is 1.33 bits per heavy atom. The van der Waals surface area contributed by atoms with Gasteiger partial charge in [0, 0.05) is 17.2 Å². The molecule has 4 nitrogen and oxygen atoms in total. The van der Waals surface area contributed by atoms with Crippen molar-refractivity contribution >= 4 is 35.0 Å². The highest BCUT2D eigenvalue weighted by atomic mass is 32.2. The Kier molecular flexibility index (Phi) is 4.26. The molecule has 1 aliphatic heterocycles. The summed E-state index contributed by atoms with van der Waals surface area (Å²) in [5.74, 6) is 1.21. The van der Waals surface area contributed by atoms with Crippen molar-refractivity contribution < 1.29 is 14.7 Å². The topological polar surface area (TPSA) is 66.4 Å². The van der Waals surface area contributed by atoms with E-state index in [1.165, 1.54) is 10.4 Å². The van der Waals surface area contributed by atoms with E-state index in [0.717, 1.165) is 35.6 Å². The summed E-state index contributed by atoms with van der Waals surface area (Å²) >= 11 is 3.46. The number of aryl methyl sites for hydroxylation is 1. The standard InChI is InChI=1S/C15H19NO3S2/c17-13(12-7-10-8-20-6-3-11(10)21-12)16-9-15(14(18)19)4-1-2-5-15/h7H,1-6,8-9H2,(H,16,17)(H,18,19). The minimum Gasteiger partial charge on any atom is -0.481 e. The van der Waals surface area contributed by atoms with E-state index in [0.29, 0.717) is 12.8 Å².